The van der Waals surface area contributed by atoms with Crippen molar-refractivity contribution in [2.45, 2.75) is 26.7 Å². The van der Waals surface area contributed by atoms with Crippen molar-refractivity contribution in [3.8, 4) is 0 Å². The van der Waals surface area contributed by atoms with Crippen LogP contribution in [0.25, 0.3) is 0 Å². The zero-order valence-corrected chi connectivity index (χ0v) is 12.0. The van der Waals surface area contributed by atoms with Crippen LogP contribution in [0, 0.1) is 0 Å². The van der Waals surface area contributed by atoms with Gasteiger partial charge in [-0.1, -0.05) is 20.3 Å². The van der Waals surface area contributed by atoms with Gasteiger partial charge >= 0.3 is 0 Å². The van der Waals surface area contributed by atoms with E-state index in [4.69, 9.17) is 0 Å². The monoisotopic (exact) mass is 276 g/mol. The molecule has 0 saturated heterocycles. The van der Waals surface area contributed by atoms with Gasteiger partial charge in [-0.15, -0.1) is 0 Å². The maximum Gasteiger partial charge on any atom is 0 e. The van der Waals surface area contributed by atoms with Crippen LogP contribution in [0.2, 0.25) is 0 Å². The molecule has 0 aliphatic heterocycles. The molecule has 0 aliphatic carbocycles. The van der Waals surface area contributed by atoms with Crippen molar-refractivity contribution in [1.29, 1.82) is 0 Å². The molecule has 0 aliphatic rings. The van der Waals surface area contributed by atoms with Crippen LogP contribution in [0.5, 0.6) is 0 Å². The Hall–Kier alpha value is -0.417. The first kappa shape index (κ1) is 14.6. The maximum atomic E-state index is 2.16. The largest absolute Gasteiger partial charge is 0.748 e. The predicted octanol–water partition coefficient (Wildman–Crippen LogP) is 3.93. The maximum absolute atomic E-state index is 2.16. The van der Waals surface area contributed by atoms with E-state index >= 15 is 0 Å². The Kier molecular flexibility index (Phi) is 8.61. The molecule has 15 heavy (non-hydrogen) atoms. The minimum Gasteiger partial charge on any atom is -0.748 e. The normalized spacial score (nSPS) is 8.67. The van der Waals surface area contributed by atoms with Gasteiger partial charge in [0.15, 0.2) is 0 Å². The molecule has 0 nitrogen and oxygen atoms in total. The van der Waals surface area contributed by atoms with E-state index in [1.54, 1.807) is 0 Å². The van der Waals surface area contributed by atoms with Gasteiger partial charge in [-0.3, -0.25) is 0 Å². The van der Waals surface area contributed by atoms with Crippen LogP contribution < -0.4 is 0 Å². The van der Waals surface area contributed by atoms with E-state index in [0.29, 0.717) is 0 Å². The summed E-state index contributed by atoms with van der Waals surface area (Å²) in [4.78, 5) is 0. The topological polar surface area (TPSA) is 0 Å². The molecule has 2 rings (SSSR count). The number of aryl methyl sites for hydroxylation is 2. The molecule has 0 aromatic heterocycles. The van der Waals surface area contributed by atoms with Gasteiger partial charge in [0.1, 0.15) is 0 Å². The van der Waals surface area contributed by atoms with Gasteiger partial charge in [0.05, 0.1) is 0 Å². The fraction of sp³-hybridized carbons (Fsp3) is 0.286. The second kappa shape index (κ2) is 8.86. The van der Waals surface area contributed by atoms with Crippen LogP contribution in [0.4, 0.5) is 0 Å². The summed E-state index contributed by atoms with van der Waals surface area (Å²) in [6.45, 7) is 4.32. The van der Waals surface area contributed by atoms with Crippen molar-refractivity contribution in [2.24, 2.45) is 0 Å². The second-order valence-corrected chi connectivity index (χ2v) is 3.29. The summed E-state index contributed by atoms with van der Waals surface area (Å²) in [6, 6.07) is 16.8. The fourth-order valence-electron chi connectivity index (χ4n) is 1.30. The summed E-state index contributed by atoms with van der Waals surface area (Å²) in [5.41, 5.74) is 2.86. The Balaban J connectivity index is 0.000000245. The van der Waals surface area contributed by atoms with Crippen molar-refractivity contribution in [1.82, 2.24) is 0 Å². The van der Waals surface area contributed by atoms with Crippen LogP contribution in [-0.4, -0.2) is 0 Å². The summed E-state index contributed by atoms with van der Waals surface area (Å²) in [7, 11) is 0. The Labute approximate surface area is 112 Å². The van der Waals surface area contributed by atoms with Crippen molar-refractivity contribution < 1.29 is 26.2 Å². The smallest absolute Gasteiger partial charge is 0 e. The van der Waals surface area contributed by atoms with Crippen LogP contribution in [0.15, 0.2) is 48.5 Å². The predicted molar refractivity (Wildman–Crippen MR) is 62.8 cm³/mol. The molecule has 0 amide bonds. The second-order valence-electron chi connectivity index (χ2n) is 3.29. The van der Waals surface area contributed by atoms with E-state index in [9.17, 15) is 0 Å². The van der Waals surface area contributed by atoms with Crippen molar-refractivity contribution in [3.63, 3.8) is 0 Å². The first-order chi connectivity index (χ1) is 6.86. The molecule has 0 atom stereocenters. The summed E-state index contributed by atoms with van der Waals surface area (Å²) >= 11 is 0. The number of rotatable bonds is 2. The summed E-state index contributed by atoms with van der Waals surface area (Å²) < 4.78 is 0. The average Bonchev–Trinajstić information content (AvgIpc) is 2.92. The minimum atomic E-state index is 0. The Morgan fingerprint density at radius 1 is 0.933 bits per heavy atom. The van der Waals surface area contributed by atoms with Gasteiger partial charge < -0.3 is 29.8 Å². The minimum absolute atomic E-state index is 0. The fourth-order valence-corrected chi connectivity index (χ4v) is 1.30. The summed E-state index contributed by atoms with van der Waals surface area (Å²) in [5, 5.41) is 0. The van der Waals surface area contributed by atoms with Gasteiger partial charge in [0.25, 0.3) is 0 Å². The van der Waals surface area contributed by atoms with Gasteiger partial charge in [0.2, 0.25) is 0 Å². The van der Waals surface area contributed by atoms with Gasteiger partial charge in [-0.05, 0) is 0 Å². The van der Waals surface area contributed by atoms with E-state index in [0.717, 1.165) is 12.8 Å². The summed E-state index contributed by atoms with van der Waals surface area (Å²) in [5.74, 6) is 0. The summed E-state index contributed by atoms with van der Waals surface area (Å²) in [6.07, 6.45) is 2.32. The van der Waals surface area contributed by atoms with Gasteiger partial charge in [0, 0.05) is 26.2 Å². The first-order valence-corrected chi connectivity index (χ1v) is 5.28. The third-order valence-corrected chi connectivity index (χ3v) is 2.28. The zero-order chi connectivity index (χ0) is 10.2. The quantitative estimate of drug-likeness (QED) is 0.730. The molecule has 0 heterocycles. The van der Waals surface area contributed by atoms with Crippen molar-refractivity contribution >= 4 is 0 Å². The third kappa shape index (κ3) is 5.89. The molecule has 0 spiro atoms. The van der Waals surface area contributed by atoms with Crippen molar-refractivity contribution in [2.75, 3.05) is 0 Å². The molecule has 2 aromatic carbocycles. The van der Waals surface area contributed by atoms with E-state index in [-0.39, 0.29) is 26.2 Å². The SMILES string of the molecule is CC[c-]1[cH-][cH-][cH-][cH-]1.CC[c-]1cccc1.[Zr]. The number of hydrogen-bond acceptors (Lipinski definition) is 0. The molecular formula is C14H18Zr-6. The molecule has 0 N–H and O–H groups in total. The molecular weight excluding hydrogens is 259 g/mol. The van der Waals surface area contributed by atoms with Crippen molar-refractivity contribution in [3.05, 3.63) is 59.7 Å². The van der Waals surface area contributed by atoms with Gasteiger partial charge in [-0.25, -0.2) is 18.6 Å². The van der Waals surface area contributed by atoms with Crippen LogP contribution in [0.3, 0.4) is 0 Å². The molecule has 0 bridgehead atoms. The molecule has 0 saturated carbocycles. The van der Waals surface area contributed by atoms with E-state index < -0.39 is 0 Å². The van der Waals surface area contributed by atoms with E-state index in [1.165, 1.54) is 11.1 Å². The number of hydrogen-bond donors (Lipinski definition) is 0. The standard InChI is InChI=1S/2C7H9.Zr/c2*1-2-7-5-3-4-6-7;/h2*3-6H,2H2,1H3;/q-5;-1;. The van der Waals surface area contributed by atoms with Crippen LogP contribution in [0.1, 0.15) is 25.0 Å². The first-order valence-electron chi connectivity index (χ1n) is 5.28. The molecule has 84 valence electrons. The Morgan fingerprint density at radius 3 is 1.73 bits per heavy atom. The molecule has 0 unspecified atom stereocenters. The van der Waals surface area contributed by atoms with Crippen LogP contribution >= 0.6 is 0 Å². The molecule has 0 radical (unpaired) electrons. The molecule has 2 aromatic rings. The molecule has 1 heteroatoms. The average molecular weight is 278 g/mol. The Bertz CT molecular complexity index is 269. The molecule has 0 fully saturated rings. The Morgan fingerprint density at radius 2 is 1.47 bits per heavy atom. The van der Waals surface area contributed by atoms with E-state index in [1.807, 2.05) is 0 Å². The van der Waals surface area contributed by atoms with Gasteiger partial charge in [-0.2, -0.15) is 17.7 Å². The van der Waals surface area contributed by atoms with E-state index in [2.05, 4.69) is 62.4 Å². The third-order valence-electron chi connectivity index (χ3n) is 2.28. The zero-order valence-electron chi connectivity index (χ0n) is 9.53. The van der Waals surface area contributed by atoms with Crippen LogP contribution in [-0.2, 0) is 39.0 Å².